The Kier molecular flexibility index (Phi) is 5.39. The van der Waals surface area contributed by atoms with Crippen molar-refractivity contribution >= 4 is 5.78 Å². The molecule has 0 amide bonds. The van der Waals surface area contributed by atoms with Crippen molar-refractivity contribution in [2.45, 2.75) is 56.4 Å². The summed E-state index contributed by atoms with van der Waals surface area (Å²) in [5.74, 6) is 1.30. The zero-order chi connectivity index (χ0) is 19.7. The lowest BCUT2D eigenvalue weighted by Crippen LogP contribution is -2.29. The molecule has 2 aromatic rings. The Bertz CT molecular complexity index is 819. The molecule has 148 valence electrons. The maximum Gasteiger partial charge on any atom is 0.167 e. The highest BCUT2D eigenvalue weighted by Gasteiger charge is 2.49. The second-order valence-electron chi connectivity index (χ2n) is 8.88. The van der Waals surface area contributed by atoms with Crippen LogP contribution in [-0.2, 0) is 6.42 Å². The second-order valence-corrected chi connectivity index (χ2v) is 8.88. The van der Waals surface area contributed by atoms with Gasteiger partial charge in [-0.2, -0.15) is 0 Å². The number of nitrogens with zero attached hydrogens (tertiary/aromatic N) is 1. The first-order valence-corrected chi connectivity index (χ1v) is 10.7. The van der Waals surface area contributed by atoms with E-state index < -0.39 is 0 Å². The van der Waals surface area contributed by atoms with Gasteiger partial charge in [-0.05, 0) is 68.4 Å². The quantitative estimate of drug-likeness (QED) is 0.754. The first-order chi connectivity index (χ1) is 13.5. The van der Waals surface area contributed by atoms with E-state index in [9.17, 15) is 4.79 Å². The number of piperidine rings is 1. The maximum atomic E-state index is 12.7. The van der Waals surface area contributed by atoms with E-state index in [2.05, 4.69) is 55.3 Å². The highest BCUT2D eigenvalue weighted by molar-refractivity contribution is 5.97. The molecule has 0 spiro atoms. The minimum atomic E-state index is -0.00711. The van der Waals surface area contributed by atoms with E-state index in [1.54, 1.807) is 0 Å². The molecule has 1 aliphatic carbocycles. The van der Waals surface area contributed by atoms with Crippen molar-refractivity contribution in [3.8, 4) is 0 Å². The van der Waals surface area contributed by atoms with E-state index in [4.69, 9.17) is 5.73 Å². The summed E-state index contributed by atoms with van der Waals surface area (Å²) in [6, 6.07) is 16.8. The average molecular weight is 377 g/mol. The van der Waals surface area contributed by atoms with E-state index in [-0.39, 0.29) is 11.3 Å². The van der Waals surface area contributed by atoms with Gasteiger partial charge in [0.25, 0.3) is 0 Å². The number of nitrogens with two attached hydrogens (primary N) is 1. The Labute approximate surface area is 168 Å². The van der Waals surface area contributed by atoms with Crippen molar-refractivity contribution in [2.75, 3.05) is 20.1 Å². The third-order valence-corrected chi connectivity index (χ3v) is 6.95. The molecule has 2 aromatic carbocycles. The zero-order valence-electron chi connectivity index (χ0n) is 17.2. The number of benzene rings is 2. The van der Waals surface area contributed by atoms with Crippen molar-refractivity contribution < 1.29 is 4.79 Å². The molecule has 0 aromatic heterocycles. The molecule has 1 saturated heterocycles. The van der Waals surface area contributed by atoms with Gasteiger partial charge >= 0.3 is 0 Å². The third kappa shape index (κ3) is 4.06. The molecule has 2 N–H and O–H groups in total. The van der Waals surface area contributed by atoms with Crippen molar-refractivity contribution in [3.63, 3.8) is 0 Å². The van der Waals surface area contributed by atoms with E-state index in [1.165, 1.54) is 24.0 Å². The number of hydrogen-bond acceptors (Lipinski definition) is 3. The molecular weight excluding hydrogens is 344 g/mol. The smallest absolute Gasteiger partial charge is 0.167 e. The van der Waals surface area contributed by atoms with Gasteiger partial charge in [-0.15, -0.1) is 0 Å². The standard InChI is InChI=1S/C25H32N2O/c1-3-25(26)17-23(25)21-6-4-18(5-7-21)16-24(28)22-10-8-19(9-11-22)20-12-14-27(2)15-13-20/h4-11,20,23H,3,12-17,26H2,1-2H3/t23-,25+/m0/s1. The van der Waals surface area contributed by atoms with Crippen LogP contribution >= 0.6 is 0 Å². The van der Waals surface area contributed by atoms with Gasteiger partial charge in [0.2, 0.25) is 0 Å². The Morgan fingerprint density at radius 1 is 1.04 bits per heavy atom. The van der Waals surface area contributed by atoms with E-state index in [0.29, 0.717) is 18.3 Å². The molecular formula is C25H32N2O. The van der Waals surface area contributed by atoms with Crippen molar-refractivity contribution in [2.24, 2.45) is 5.73 Å². The minimum absolute atomic E-state index is 0.00711. The maximum absolute atomic E-state index is 12.7. The van der Waals surface area contributed by atoms with Gasteiger partial charge < -0.3 is 10.6 Å². The van der Waals surface area contributed by atoms with Gasteiger partial charge in [-0.25, -0.2) is 0 Å². The normalized spacial score (nSPS) is 25.6. The van der Waals surface area contributed by atoms with Crippen LogP contribution in [0.15, 0.2) is 48.5 Å². The van der Waals surface area contributed by atoms with Gasteiger partial charge in [0.1, 0.15) is 0 Å². The van der Waals surface area contributed by atoms with Gasteiger partial charge in [0, 0.05) is 23.4 Å². The summed E-state index contributed by atoms with van der Waals surface area (Å²) in [7, 11) is 2.19. The molecule has 2 fully saturated rings. The van der Waals surface area contributed by atoms with E-state index in [1.807, 2.05) is 12.1 Å². The fourth-order valence-corrected chi connectivity index (χ4v) is 4.60. The van der Waals surface area contributed by atoms with Crippen molar-refractivity contribution in [1.29, 1.82) is 0 Å². The summed E-state index contributed by atoms with van der Waals surface area (Å²) in [5.41, 5.74) is 10.9. The highest BCUT2D eigenvalue weighted by atomic mass is 16.1. The fraction of sp³-hybridized carbons (Fsp3) is 0.480. The van der Waals surface area contributed by atoms with Crippen LogP contribution in [0.4, 0.5) is 0 Å². The predicted molar refractivity (Wildman–Crippen MR) is 115 cm³/mol. The first kappa shape index (κ1) is 19.4. The van der Waals surface area contributed by atoms with Crippen molar-refractivity contribution in [3.05, 3.63) is 70.8 Å². The largest absolute Gasteiger partial charge is 0.325 e. The summed E-state index contributed by atoms with van der Waals surface area (Å²) in [6.07, 6.45) is 4.97. The van der Waals surface area contributed by atoms with Crippen LogP contribution in [0.25, 0.3) is 0 Å². The summed E-state index contributed by atoms with van der Waals surface area (Å²) in [5, 5.41) is 0. The number of Topliss-reactive ketones (excluding diaryl/α,β-unsaturated/α-hetero) is 1. The zero-order valence-corrected chi connectivity index (χ0v) is 17.2. The molecule has 1 heterocycles. The van der Waals surface area contributed by atoms with Crippen LogP contribution in [0, 0.1) is 0 Å². The molecule has 0 radical (unpaired) electrons. The van der Waals surface area contributed by atoms with Crippen LogP contribution in [0.3, 0.4) is 0 Å². The Morgan fingerprint density at radius 3 is 2.21 bits per heavy atom. The predicted octanol–water partition coefficient (Wildman–Crippen LogP) is 4.52. The summed E-state index contributed by atoms with van der Waals surface area (Å²) in [4.78, 5) is 15.1. The highest BCUT2D eigenvalue weighted by Crippen LogP contribution is 2.51. The molecule has 28 heavy (non-hydrogen) atoms. The van der Waals surface area contributed by atoms with Gasteiger partial charge in [-0.3, -0.25) is 4.79 Å². The van der Waals surface area contributed by atoms with Crippen LogP contribution in [0.2, 0.25) is 0 Å². The minimum Gasteiger partial charge on any atom is -0.325 e. The Balaban J connectivity index is 1.36. The van der Waals surface area contributed by atoms with E-state index >= 15 is 0 Å². The molecule has 3 nitrogen and oxygen atoms in total. The second kappa shape index (κ2) is 7.81. The molecule has 1 aliphatic heterocycles. The van der Waals surface area contributed by atoms with Crippen LogP contribution < -0.4 is 5.73 Å². The number of rotatable bonds is 6. The molecule has 4 rings (SSSR count). The summed E-state index contributed by atoms with van der Waals surface area (Å²) in [6.45, 7) is 4.47. The fourth-order valence-electron chi connectivity index (χ4n) is 4.60. The van der Waals surface area contributed by atoms with Crippen molar-refractivity contribution in [1.82, 2.24) is 4.90 Å². The monoisotopic (exact) mass is 376 g/mol. The van der Waals surface area contributed by atoms with E-state index in [0.717, 1.165) is 37.1 Å². The lowest BCUT2D eigenvalue weighted by molar-refractivity contribution is 0.0993. The topological polar surface area (TPSA) is 46.3 Å². The number of carbonyl (C=O) groups is 1. The Morgan fingerprint density at radius 2 is 1.64 bits per heavy atom. The Hall–Kier alpha value is -1.97. The average Bonchev–Trinajstić information content (AvgIpc) is 3.41. The molecule has 3 heteroatoms. The third-order valence-electron chi connectivity index (χ3n) is 6.95. The van der Waals surface area contributed by atoms with Gasteiger partial charge in [-0.1, -0.05) is 55.5 Å². The molecule has 1 saturated carbocycles. The molecule has 2 atom stereocenters. The van der Waals surface area contributed by atoms with Gasteiger partial charge in [0.15, 0.2) is 5.78 Å². The van der Waals surface area contributed by atoms with Gasteiger partial charge in [0.05, 0.1) is 0 Å². The SMILES string of the molecule is CC[C@@]1(N)C[C@H]1c1ccc(CC(=O)c2ccc(C3CCN(C)CC3)cc2)cc1. The van der Waals surface area contributed by atoms with Crippen LogP contribution in [0.5, 0.6) is 0 Å². The molecule has 0 bridgehead atoms. The first-order valence-electron chi connectivity index (χ1n) is 10.7. The number of ketones is 1. The number of hydrogen-bond donors (Lipinski definition) is 1. The molecule has 2 aliphatic rings. The summed E-state index contributed by atoms with van der Waals surface area (Å²) < 4.78 is 0. The summed E-state index contributed by atoms with van der Waals surface area (Å²) >= 11 is 0. The lowest BCUT2D eigenvalue weighted by atomic mass is 9.88. The number of likely N-dealkylation sites (tertiary alicyclic amines) is 1. The lowest BCUT2D eigenvalue weighted by Gasteiger charge is -2.29. The number of carbonyl (C=O) groups excluding carboxylic acids is 1. The van der Waals surface area contributed by atoms with Crippen LogP contribution in [0.1, 0.15) is 71.5 Å². The van der Waals surface area contributed by atoms with Crippen LogP contribution in [-0.4, -0.2) is 36.4 Å². The molecule has 0 unspecified atom stereocenters.